The summed E-state index contributed by atoms with van der Waals surface area (Å²) in [5.41, 5.74) is 0.957. The van der Waals surface area contributed by atoms with Crippen LogP contribution < -0.4 is 0 Å². The quantitative estimate of drug-likeness (QED) is 0.856. The van der Waals surface area contributed by atoms with E-state index in [9.17, 15) is 4.79 Å². The zero-order chi connectivity index (χ0) is 12.3. The van der Waals surface area contributed by atoms with Crippen LogP contribution in [-0.2, 0) is 11.3 Å². The number of hydrogen-bond donors (Lipinski definition) is 0. The van der Waals surface area contributed by atoms with E-state index in [4.69, 9.17) is 0 Å². The summed E-state index contributed by atoms with van der Waals surface area (Å²) < 4.78 is 0.970. The third-order valence-corrected chi connectivity index (χ3v) is 3.60. The first-order valence-electron chi connectivity index (χ1n) is 6.07. The highest BCUT2D eigenvalue weighted by Gasteiger charge is 2.28. The van der Waals surface area contributed by atoms with Gasteiger partial charge in [-0.3, -0.25) is 9.78 Å². The first-order chi connectivity index (χ1) is 8.19. The molecule has 1 atom stereocenters. The van der Waals surface area contributed by atoms with Crippen LogP contribution in [0, 0.1) is 5.92 Å². The summed E-state index contributed by atoms with van der Waals surface area (Å²) >= 11 is 3.36. The van der Waals surface area contributed by atoms with Crippen LogP contribution in [-0.4, -0.2) is 22.3 Å². The summed E-state index contributed by atoms with van der Waals surface area (Å²) in [4.78, 5) is 18.1. The van der Waals surface area contributed by atoms with Crippen molar-refractivity contribution in [3.63, 3.8) is 0 Å². The summed E-state index contributed by atoms with van der Waals surface area (Å²) in [6, 6.07) is 3.93. The molecule has 0 radical (unpaired) electrons. The molecule has 1 amide bonds. The Kier molecular flexibility index (Phi) is 4.15. The van der Waals surface area contributed by atoms with Crippen LogP contribution >= 0.6 is 15.9 Å². The lowest BCUT2D eigenvalue weighted by molar-refractivity contribution is -0.128. The standard InChI is InChI=1S/C13H17BrN2O/c1-2-3-10-6-13(17)16(8-10)9-12-5-4-11(14)7-15-12/h4-5,7,10H,2-3,6,8-9H2,1H3. The van der Waals surface area contributed by atoms with Crippen molar-refractivity contribution >= 4 is 21.8 Å². The summed E-state index contributed by atoms with van der Waals surface area (Å²) in [6.07, 6.45) is 4.79. The van der Waals surface area contributed by atoms with Crippen molar-refractivity contribution in [2.24, 2.45) is 5.92 Å². The monoisotopic (exact) mass is 296 g/mol. The van der Waals surface area contributed by atoms with Crippen molar-refractivity contribution in [2.75, 3.05) is 6.54 Å². The number of nitrogens with zero attached hydrogens (tertiary/aromatic N) is 2. The Morgan fingerprint density at radius 2 is 2.35 bits per heavy atom. The second-order valence-corrected chi connectivity index (χ2v) is 5.52. The fraction of sp³-hybridized carbons (Fsp3) is 0.538. The van der Waals surface area contributed by atoms with Gasteiger partial charge in [-0.1, -0.05) is 13.3 Å². The van der Waals surface area contributed by atoms with Gasteiger partial charge in [-0.05, 0) is 40.4 Å². The predicted molar refractivity (Wildman–Crippen MR) is 70.4 cm³/mol. The van der Waals surface area contributed by atoms with E-state index < -0.39 is 0 Å². The highest BCUT2D eigenvalue weighted by atomic mass is 79.9. The summed E-state index contributed by atoms with van der Waals surface area (Å²) in [6.45, 7) is 3.71. The number of likely N-dealkylation sites (tertiary alicyclic amines) is 1. The average Bonchev–Trinajstić information content (AvgIpc) is 2.63. The van der Waals surface area contributed by atoms with Gasteiger partial charge in [-0.15, -0.1) is 0 Å². The van der Waals surface area contributed by atoms with Crippen LogP contribution in [0.25, 0.3) is 0 Å². The number of pyridine rings is 1. The number of rotatable bonds is 4. The SMILES string of the molecule is CCCC1CC(=O)N(Cc2ccc(Br)cn2)C1. The fourth-order valence-electron chi connectivity index (χ4n) is 2.30. The van der Waals surface area contributed by atoms with Gasteiger partial charge in [0, 0.05) is 23.6 Å². The van der Waals surface area contributed by atoms with E-state index in [-0.39, 0.29) is 5.91 Å². The maximum atomic E-state index is 11.8. The van der Waals surface area contributed by atoms with Gasteiger partial charge in [0.05, 0.1) is 12.2 Å². The van der Waals surface area contributed by atoms with Gasteiger partial charge >= 0.3 is 0 Å². The lowest BCUT2D eigenvalue weighted by Gasteiger charge is -2.16. The highest BCUT2D eigenvalue weighted by molar-refractivity contribution is 9.10. The number of amides is 1. The molecule has 2 heterocycles. The Hall–Kier alpha value is -0.900. The molecule has 1 aromatic rings. The molecule has 1 fully saturated rings. The molecular weight excluding hydrogens is 280 g/mol. The molecule has 1 unspecified atom stereocenters. The lowest BCUT2D eigenvalue weighted by Crippen LogP contribution is -2.25. The molecule has 0 spiro atoms. The molecule has 1 aliphatic heterocycles. The van der Waals surface area contributed by atoms with E-state index in [1.807, 2.05) is 17.0 Å². The van der Waals surface area contributed by atoms with Crippen LogP contribution in [0.2, 0.25) is 0 Å². The van der Waals surface area contributed by atoms with Crippen molar-refractivity contribution in [2.45, 2.75) is 32.7 Å². The van der Waals surface area contributed by atoms with E-state index >= 15 is 0 Å². The van der Waals surface area contributed by atoms with E-state index in [1.54, 1.807) is 6.20 Å². The molecule has 0 aliphatic carbocycles. The van der Waals surface area contributed by atoms with E-state index in [2.05, 4.69) is 27.8 Å². The van der Waals surface area contributed by atoms with Gasteiger partial charge < -0.3 is 4.90 Å². The van der Waals surface area contributed by atoms with E-state index in [1.165, 1.54) is 0 Å². The third-order valence-electron chi connectivity index (χ3n) is 3.13. The van der Waals surface area contributed by atoms with Crippen molar-refractivity contribution in [1.29, 1.82) is 0 Å². The minimum absolute atomic E-state index is 0.271. The second-order valence-electron chi connectivity index (χ2n) is 4.60. The second kappa shape index (κ2) is 5.63. The lowest BCUT2D eigenvalue weighted by atomic mass is 10.0. The van der Waals surface area contributed by atoms with Gasteiger partial charge in [-0.2, -0.15) is 0 Å². The fourth-order valence-corrected chi connectivity index (χ4v) is 2.54. The zero-order valence-corrected chi connectivity index (χ0v) is 11.6. The molecule has 1 aliphatic rings. The number of aromatic nitrogens is 1. The van der Waals surface area contributed by atoms with Crippen LogP contribution in [0.5, 0.6) is 0 Å². The Labute approximate surface area is 110 Å². The van der Waals surface area contributed by atoms with Gasteiger partial charge in [0.2, 0.25) is 5.91 Å². The Morgan fingerprint density at radius 1 is 1.53 bits per heavy atom. The van der Waals surface area contributed by atoms with Gasteiger partial charge in [-0.25, -0.2) is 0 Å². The van der Waals surface area contributed by atoms with Crippen LogP contribution in [0.15, 0.2) is 22.8 Å². The van der Waals surface area contributed by atoms with Gasteiger partial charge in [0.25, 0.3) is 0 Å². The molecule has 0 aromatic carbocycles. The minimum atomic E-state index is 0.271. The summed E-state index contributed by atoms with van der Waals surface area (Å²) in [5, 5.41) is 0. The first-order valence-corrected chi connectivity index (χ1v) is 6.86. The van der Waals surface area contributed by atoms with Crippen molar-refractivity contribution in [1.82, 2.24) is 9.88 Å². The van der Waals surface area contributed by atoms with E-state index in [0.717, 1.165) is 29.6 Å². The molecule has 92 valence electrons. The Balaban J connectivity index is 1.95. The number of carbonyl (C=O) groups excluding carboxylic acids is 1. The molecule has 3 nitrogen and oxygen atoms in total. The summed E-state index contributed by atoms with van der Waals surface area (Å²) in [7, 11) is 0. The van der Waals surface area contributed by atoms with E-state index in [0.29, 0.717) is 18.9 Å². The first kappa shape index (κ1) is 12.6. The Bertz CT molecular complexity index is 391. The normalized spacial score (nSPS) is 20.0. The molecule has 0 bridgehead atoms. The number of halogens is 1. The summed E-state index contributed by atoms with van der Waals surface area (Å²) in [5.74, 6) is 0.816. The number of hydrogen-bond acceptors (Lipinski definition) is 2. The molecule has 2 rings (SSSR count). The largest absolute Gasteiger partial charge is 0.336 e. The van der Waals surface area contributed by atoms with Crippen LogP contribution in [0.1, 0.15) is 31.9 Å². The molecular formula is C13H17BrN2O. The topological polar surface area (TPSA) is 33.2 Å². The van der Waals surface area contributed by atoms with Crippen molar-refractivity contribution in [3.05, 3.63) is 28.5 Å². The smallest absolute Gasteiger partial charge is 0.223 e. The molecule has 0 saturated carbocycles. The van der Waals surface area contributed by atoms with Crippen LogP contribution in [0.4, 0.5) is 0 Å². The van der Waals surface area contributed by atoms with Crippen molar-refractivity contribution in [3.8, 4) is 0 Å². The van der Waals surface area contributed by atoms with Gasteiger partial charge in [0.1, 0.15) is 0 Å². The predicted octanol–water partition coefficient (Wildman–Crippen LogP) is 2.99. The molecule has 1 saturated heterocycles. The molecule has 1 aromatic heterocycles. The number of carbonyl (C=O) groups is 1. The van der Waals surface area contributed by atoms with Gasteiger partial charge in [0.15, 0.2) is 0 Å². The average molecular weight is 297 g/mol. The van der Waals surface area contributed by atoms with Crippen molar-refractivity contribution < 1.29 is 4.79 Å². The maximum absolute atomic E-state index is 11.8. The Morgan fingerprint density at radius 3 is 3.00 bits per heavy atom. The minimum Gasteiger partial charge on any atom is -0.336 e. The maximum Gasteiger partial charge on any atom is 0.223 e. The third kappa shape index (κ3) is 3.28. The molecule has 0 N–H and O–H groups in total. The van der Waals surface area contributed by atoms with Crippen LogP contribution in [0.3, 0.4) is 0 Å². The zero-order valence-electron chi connectivity index (χ0n) is 10.0. The highest BCUT2D eigenvalue weighted by Crippen LogP contribution is 2.23. The molecule has 17 heavy (non-hydrogen) atoms. The molecule has 4 heteroatoms.